The van der Waals surface area contributed by atoms with Crippen molar-refractivity contribution < 1.29 is 32.7 Å². The van der Waals surface area contributed by atoms with Crippen LogP contribution in [0.5, 0.6) is 0 Å². The normalized spacial score (nSPS) is 10.0. The van der Waals surface area contributed by atoms with E-state index < -0.39 is 0 Å². The molecule has 2 aromatic rings. The molecule has 1 heterocycles. The fraction of sp³-hybridized carbons (Fsp3) is 0.154. The van der Waals surface area contributed by atoms with Gasteiger partial charge in [-0.2, -0.15) is 12.1 Å². The Morgan fingerprint density at radius 1 is 1.28 bits per heavy atom. The summed E-state index contributed by atoms with van der Waals surface area (Å²) >= 11 is 6.90. The van der Waals surface area contributed by atoms with Gasteiger partial charge in [-0.15, -0.1) is 6.07 Å². The van der Waals surface area contributed by atoms with Crippen LogP contribution in [0.3, 0.4) is 0 Å². The first-order valence-electron chi connectivity index (χ1n) is 5.04. The van der Waals surface area contributed by atoms with E-state index in [0.29, 0.717) is 5.56 Å². The Bertz CT molecular complexity index is 637. The van der Waals surface area contributed by atoms with Crippen LogP contribution in [0.25, 0.3) is 11.3 Å². The van der Waals surface area contributed by atoms with E-state index in [4.69, 9.17) is 0 Å². The van der Waals surface area contributed by atoms with Gasteiger partial charge < -0.3 is 4.57 Å². The number of benzene rings is 1. The third-order valence-electron chi connectivity index (χ3n) is 2.59. The van der Waals surface area contributed by atoms with Crippen LogP contribution >= 0.6 is 31.9 Å². The van der Waals surface area contributed by atoms with E-state index in [0.717, 1.165) is 20.2 Å². The second-order valence-corrected chi connectivity index (χ2v) is 5.58. The molecule has 0 spiro atoms. The minimum Gasteiger partial charge on any atom is -0.345 e. The van der Waals surface area contributed by atoms with Gasteiger partial charge in [-0.05, 0) is 10.5 Å². The third-order valence-corrected chi connectivity index (χ3v) is 3.74. The molecule has 1 radical (unpaired) electrons. The average Bonchev–Trinajstić information content (AvgIpc) is 2.28. The molecule has 5 heteroatoms. The molecule has 0 N–H and O–H groups in total. The fourth-order valence-electron chi connectivity index (χ4n) is 1.64. The van der Waals surface area contributed by atoms with Crippen LogP contribution in [-0.4, -0.2) is 4.57 Å². The zero-order valence-corrected chi connectivity index (χ0v) is 16.0. The molecule has 0 bridgehead atoms. The van der Waals surface area contributed by atoms with E-state index in [2.05, 4.69) is 37.9 Å². The Kier molecular flexibility index (Phi) is 5.97. The molecule has 0 aliphatic rings. The number of aryl methyl sites for hydroxylation is 1. The Balaban J connectivity index is 0.00000162. The van der Waals surface area contributed by atoms with Crippen LogP contribution in [0, 0.1) is 13.0 Å². The molecule has 0 saturated carbocycles. The van der Waals surface area contributed by atoms with Gasteiger partial charge in [0, 0.05) is 44.2 Å². The first kappa shape index (κ1) is 16.3. The zero-order valence-electron chi connectivity index (χ0n) is 10.00. The molecule has 2 nitrogen and oxygen atoms in total. The van der Waals surface area contributed by atoms with Crippen LogP contribution in [0.4, 0.5) is 0 Å². The maximum absolute atomic E-state index is 11.9. The average molecular weight is 445 g/mol. The fourth-order valence-corrected chi connectivity index (χ4v) is 2.88. The van der Waals surface area contributed by atoms with Crippen LogP contribution in [-0.2, 0) is 39.8 Å². The Morgan fingerprint density at radius 3 is 2.56 bits per heavy atom. The first-order chi connectivity index (χ1) is 8.00. The van der Waals surface area contributed by atoms with Crippen LogP contribution in [0.1, 0.15) is 5.56 Å². The Morgan fingerprint density at radius 2 is 1.94 bits per heavy atom. The molecule has 91 valence electrons. The van der Waals surface area contributed by atoms with E-state index in [1.807, 2.05) is 18.2 Å². The van der Waals surface area contributed by atoms with Crippen molar-refractivity contribution in [3.05, 3.63) is 55.2 Å². The van der Waals surface area contributed by atoms with E-state index in [1.165, 1.54) is 0 Å². The number of rotatable bonds is 1. The molecule has 1 aromatic carbocycles. The first-order valence-corrected chi connectivity index (χ1v) is 6.63. The SMILES string of the molecule is Cc1c[c-]c(-c2ccc(Br)cc2Br)n(C)c1=O.[Y]. The van der Waals surface area contributed by atoms with Crippen molar-refractivity contribution in [3.8, 4) is 11.3 Å². The van der Waals surface area contributed by atoms with E-state index in [9.17, 15) is 4.79 Å². The summed E-state index contributed by atoms with van der Waals surface area (Å²) in [6.07, 6.45) is 0. The molecule has 0 aliphatic carbocycles. The summed E-state index contributed by atoms with van der Waals surface area (Å²) < 4.78 is 3.54. The van der Waals surface area contributed by atoms with Gasteiger partial charge in [0.15, 0.2) is 5.56 Å². The number of pyridine rings is 1. The second kappa shape index (κ2) is 6.60. The van der Waals surface area contributed by atoms with Gasteiger partial charge in [-0.1, -0.05) is 61.7 Å². The third kappa shape index (κ3) is 3.21. The minimum atomic E-state index is 0. The van der Waals surface area contributed by atoms with Gasteiger partial charge in [0.2, 0.25) is 0 Å². The van der Waals surface area contributed by atoms with Gasteiger partial charge >= 0.3 is 0 Å². The van der Waals surface area contributed by atoms with E-state index in [-0.39, 0.29) is 38.3 Å². The summed E-state index contributed by atoms with van der Waals surface area (Å²) in [4.78, 5) is 11.9. The van der Waals surface area contributed by atoms with E-state index in [1.54, 1.807) is 24.6 Å². The molecule has 2 rings (SSSR count). The second-order valence-electron chi connectivity index (χ2n) is 3.81. The monoisotopic (exact) mass is 443 g/mol. The molecule has 0 atom stereocenters. The molecule has 0 unspecified atom stereocenters. The number of aromatic nitrogens is 1. The summed E-state index contributed by atoms with van der Waals surface area (Å²) in [5.74, 6) is 0. The summed E-state index contributed by atoms with van der Waals surface area (Å²) in [7, 11) is 1.76. The van der Waals surface area contributed by atoms with Crippen LogP contribution < -0.4 is 5.56 Å². The Labute approximate surface area is 148 Å². The van der Waals surface area contributed by atoms with Crippen molar-refractivity contribution in [2.24, 2.45) is 7.05 Å². The maximum Gasteiger partial charge on any atom is 0.197 e. The van der Waals surface area contributed by atoms with Gasteiger partial charge in [0.25, 0.3) is 0 Å². The summed E-state index contributed by atoms with van der Waals surface area (Å²) in [5.41, 5.74) is 2.44. The molecular formula is C13H10Br2NOY-. The van der Waals surface area contributed by atoms with Gasteiger partial charge in [-0.3, -0.25) is 4.79 Å². The van der Waals surface area contributed by atoms with Crippen LogP contribution in [0.15, 0.2) is 38.0 Å². The largest absolute Gasteiger partial charge is 0.345 e. The summed E-state index contributed by atoms with van der Waals surface area (Å²) in [6, 6.07) is 10.7. The number of hydrogen-bond donors (Lipinski definition) is 0. The molecule has 18 heavy (non-hydrogen) atoms. The molecule has 1 aromatic heterocycles. The van der Waals surface area contributed by atoms with Crippen molar-refractivity contribution in [2.45, 2.75) is 6.92 Å². The van der Waals surface area contributed by atoms with Crippen molar-refractivity contribution in [3.63, 3.8) is 0 Å². The number of halogens is 2. The summed E-state index contributed by atoms with van der Waals surface area (Å²) in [6.45, 7) is 1.79. The van der Waals surface area contributed by atoms with Crippen molar-refractivity contribution >= 4 is 31.9 Å². The quantitative estimate of drug-likeness (QED) is 0.615. The van der Waals surface area contributed by atoms with Crippen molar-refractivity contribution in [2.75, 3.05) is 0 Å². The topological polar surface area (TPSA) is 22.0 Å². The zero-order chi connectivity index (χ0) is 12.6. The minimum absolute atomic E-state index is 0. The number of hydrogen-bond acceptors (Lipinski definition) is 1. The van der Waals surface area contributed by atoms with Gasteiger partial charge in [-0.25, -0.2) is 0 Å². The standard InChI is InChI=1S/C13H10Br2NO.Y/c1-8-3-6-12(16(2)13(8)17)10-5-4-9(14)7-11(10)15;/h3-5,7H,1-2H3;/q-1;. The molecule has 0 fully saturated rings. The van der Waals surface area contributed by atoms with Gasteiger partial charge in [0.1, 0.15) is 0 Å². The predicted octanol–water partition coefficient (Wildman–Crippen LogP) is 3.68. The van der Waals surface area contributed by atoms with Crippen molar-refractivity contribution in [1.82, 2.24) is 4.57 Å². The molecular weight excluding hydrogens is 435 g/mol. The van der Waals surface area contributed by atoms with Crippen molar-refractivity contribution in [1.29, 1.82) is 0 Å². The number of nitrogens with zero attached hydrogens (tertiary/aromatic N) is 1. The molecule has 0 aliphatic heterocycles. The smallest absolute Gasteiger partial charge is 0.197 e. The molecule has 0 saturated heterocycles. The molecule has 0 amide bonds. The van der Waals surface area contributed by atoms with Gasteiger partial charge in [0.05, 0.1) is 0 Å². The van der Waals surface area contributed by atoms with E-state index >= 15 is 0 Å². The Hall–Kier alpha value is 0.234. The predicted molar refractivity (Wildman–Crippen MR) is 76.1 cm³/mol. The maximum atomic E-state index is 11.9. The van der Waals surface area contributed by atoms with Crippen LogP contribution in [0.2, 0.25) is 0 Å². The summed E-state index contributed by atoms with van der Waals surface area (Å²) in [5, 5.41) is 0.